The summed E-state index contributed by atoms with van der Waals surface area (Å²) in [5, 5.41) is 9.98. The molecule has 72 valence electrons. The van der Waals surface area contributed by atoms with Gasteiger partial charge in [0.15, 0.2) is 5.60 Å². The Balaban J connectivity index is 3.31. The molecule has 0 heterocycles. The zero-order chi connectivity index (χ0) is 10.6. The maximum absolute atomic E-state index is 9.98. The molecule has 0 fully saturated rings. The van der Waals surface area contributed by atoms with Gasteiger partial charge in [-0.3, -0.25) is 0 Å². The molecule has 0 aromatic heterocycles. The summed E-state index contributed by atoms with van der Waals surface area (Å²) in [5.41, 5.74) is -0.938. The maximum Gasteiger partial charge on any atom is 0.172 e. The second-order valence-electron chi connectivity index (χ2n) is 2.82. The molecule has 1 rings (SSSR count). The zero-order valence-electron chi connectivity index (χ0n) is 8.03. The van der Waals surface area contributed by atoms with Crippen LogP contribution in [0.15, 0.2) is 36.9 Å². The van der Waals surface area contributed by atoms with Crippen LogP contribution in [0.4, 0.5) is 0 Å². The Morgan fingerprint density at radius 3 is 2.71 bits per heavy atom. The van der Waals surface area contributed by atoms with Gasteiger partial charge in [0.25, 0.3) is 0 Å². The van der Waals surface area contributed by atoms with Crippen molar-refractivity contribution in [3.8, 4) is 18.1 Å². The van der Waals surface area contributed by atoms with Gasteiger partial charge in [0, 0.05) is 5.56 Å². The smallest absolute Gasteiger partial charge is 0.172 e. The third-order valence-corrected chi connectivity index (χ3v) is 2.03. The van der Waals surface area contributed by atoms with E-state index in [0.717, 1.165) is 0 Å². The van der Waals surface area contributed by atoms with Crippen LogP contribution in [-0.4, -0.2) is 12.2 Å². The minimum atomic E-state index is -1.47. The Bertz CT molecular complexity index is 376. The molecule has 0 aliphatic carbocycles. The standard InChI is InChI=1S/C12H12O2/c1-4-12(13,5-2)10-8-6-7-9-11(10)14-3/h1,5-9,13H,2H2,3H3. The van der Waals surface area contributed by atoms with E-state index in [0.29, 0.717) is 11.3 Å². The molecule has 0 aliphatic heterocycles. The summed E-state index contributed by atoms with van der Waals surface area (Å²) >= 11 is 0. The largest absolute Gasteiger partial charge is 0.496 e. The monoisotopic (exact) mass is 188 g/mol. The van der Waals surface area contributed by atoms with Gasteiger partial charge in [0.05, 0.1) is 7.11 Å². The molecule has 14 heavy (non-hydrogen) atoms. The highest BCUT2D eigenvalue weighted by molar-refractivity contribution is 5.45. The van der Waals surface area contributed by atoms with Gasteiger partial charge in [-0.05, 0) is 12.1 Å². The lowest BCUT2D eigenvalue weighted by molar-refractivity contribution is 0.150. The second-order valence-corrected chi connectivity index (χ2v) is 2.82. The predicted octanol–water partition coefficient (Wildman–Crippen LogP) is 1.70. The molecule has 2 nitrogen and oxygen atoms in total. The normalized spacial score (nSPS) is 13.8. The summed E-state index contributed by atoms with van der Waals surface area (Å²) in [6, 6.07) is 7.04. The summed E-state index contributed by atoms with van der Waals surface area (Å²) < 4.78 is 5.09. The van der Waals surface area contributed by atoms with Gasteiger partial charge < -0.3 is 9.84 Å². The fourth-order valence-corrected chi connectivity index (χ4v) is 1.21. The van der Waals surface area contributed by atoms with E-state index in [4.69, 9.17) is 11.2 Å². The summed E-state index contributed by atoms with van der Waals surface area (Å²) in [7, 11) is 1.53. The van der Waals surface area contributed by atoms with Crippen LogP contribution in [0, 0.1) is 12.3 Å². The van der Waals surface area contributed by atoms with Crippen molar-refractivity contribution in [2.45, 2.75) is 5.60 Å². The van der Waals surface area contributed by atoms with Crippen molar-refractivity contribution < 1.29 is 9.84 Å². The summed E-state index contributed by atoms with van der Waals surface area (Å²) in [5.74, 6) is 2.83. The molecule has 1 atom stereocenters. The Labute approximate surface area is 83.8 Å². The molecule has 1 aromatic rings. The quantitative estimate of drug-likeness (QED) is 0.578. The lowest BCUT2D eigenvalue weighted by atomic mass is 9.94. The van der Waals surface area contributed by atoms with Gasteiger partial charge in [-0.2, -0.15) is 0 Å². The van der Waals surface area contributed by atoms with Crippen LogP contribution in [0.1, 0.15) is 5.56 Å². The molecule has 0 aliphatic rings. The molecular formula is C12H12O2. The molecule has 0 saturated carbocycles. The van der Waals surface area contributed by atoms with E-state index in [9.17, 15) is 5.11 Å². The number of aliphatic hydroxyl groups is 1. The number of hydrogen-bond acceptors (Lipinski definition) is 2. The third kappa shape index (κ3) is 1.63. The lowest BCUT2D eigenvalue weighted by Crippen LogP contribution is -2.20. The van der Waals surface area contributed by atoms with Gasteiger partial charge >= 0.3 is 0 Å². The average Bonchev–Trinajstić information content (AvgIpc) is 2.28. The number of ether oxygens (including phenoxy) is 1. The number of methoxy groups -OCH3 is 1. The van der Waals surface area contributed by atoms with Gasteiger partial charge in [0.1, 0.15) is 5.75 Å². The summed E-state index contributed by atoms with van der Waals surface area (Å²) in [4.78, 5) is 0. The van der Waals surface area contributed by atoms with E-state index in [1.807, 2.05) is 6.07 Å². The lowest BCUT2D eigenvalue weighted by Gasteiger charge is -2.20. The van der Waals surface area contributed by atoms with Crippen LogP contribution in [0.25, 0.3) is 0 Å². The van der Waals surface area contributed by atoms with E-state index in [-0.39, 0.29) is 0 Å². The minimum absolute atomic E-state index is 0.528. The fourth-order valence-electron chi connectivity index (χ4n) is 1.21. The van der Waals surface area contributed by atoms with Crippen LogP contribution >= 0.6 is 0 Å². The van der Waals surface area contributed by atoms with E-state index < -0.39 is 5.60 Å². The Hall–Kier alpha value is -1.72. The van der Waals surface area contributed by atoms with E-state index >= 15 is 0 Å². The summed E-state index contributed by atoms with van der Waals surface area (Å²) in [6.45, 7) is 3.51. The molecular weight excluding hydrogens is 176 g/mol. The number of terminal acetylenes is 1. The highest BCUT2D eigenvalue weighted by Gasteiger charge is 2.25. The van der Waals surface area contributed by atoms with E-state index in [2.05, 4.69) is 12.5 Å². The predicted molar refractivity (Wildman–Crippen MR) is 55.9 cm³/mol. The average molecular weight is 188 g/mol. The first-order chi connectivity index (χ1) is 6.68. The van der Waals surface area contributed by atoms with Crippen LogP contribution in [0.5, 0.6) is 5.75 Å². The fraction of sp³-hybridized carbons (Fsp3) is 0.167. The van der Waals surface area contributed by atoms with E-state index in [1.54, 1.807) is 18.2 Å². The zero-order valence-corrected chi connectivity index (χ0v) is 8.03. The van der Waals surface area contributed by atoms with Gasteiger partial charge in [0.2, 0.25) is 0 Å². The van der Waals surface area contributed by atoms with Crippen molar-refractivity contribution in [2.75, 3.05) is 7.11 Å². The number of benzene rings is 1. The maximum atomic E-state index is 9.98. The second kappa shape index (κ2) is 3.99. The summed E-state index contributed by atoms with van der Waals surface area (Å²) in [6.07, 6.45) is 6.56. The molecule has 0 saturated heterocycles. The van der Waals surface area contributed by atoms with Crippen LogP contribution in [-0.2, 0) is 5.60 Å². The van der Waals surface area contributed by atoms with Crippen molar-refractivity contribution in [2.24, 2.45) is 0 Å². The molecule has 0 amide bonds. The number of para-hydroxylation sites is 1. The minimum Gasteiger partial charge on any atom is -0.496 e. The number of hydrogen-bond donors (Lipinski definition) is 1. The number of rotatable bonds is 3. The highest BCUT2D eigenvalue weighted by atomic mass is 16.5. The van der Waals surface area contributed by atoms with E-state index in [1.165, 1.54) is 13.2 Å². The Kier molecular flexibility index (Phi) is 2.95. The molecule has 0 radical (unpaired) electrons. The highest BCUT2D eigenvalue weighted by Crippen LogP contribution is 2.29. The molecule has 1 N–H and O–H groups in total. The Morgan fingerprint density at radius 2 is 2.21 bits per heavy atom. The molecule has 0 spiro atoms. The van der Waals surface area contributed by atoms with Crippen LogP contribution in [0.3, 0.4) is 0 Å². The molecule has 1 unspecified atom stereocenters. The van der Waals surface area contributed by atoms with Crippen LogP contribution < -0.4 is 4.74 Å². The first-order valence-electron chi connectivity index (χ1n) is 4.15. The topological polar surface area (TPSA) is 29.5 Å². The van der Waals surface area contributed by atoms with Crippen LogP contribution in [0.2, 0.25) is 0 Å². The first-order valence-corrected chi connectivity index (χ1v) is 4.15. The Morgan fingerprint density at radius 1 is 1.57 bits per heavy atom. The molecule has 1 aromatic carbocycles. The third-order valence-electron chi connectivity index (χ3n) is 2.03. The SMILES string of the molecule is C#CC(O)(C=C)c1ccccc1OC. The van der Waals surface area contributed by atoms with Crippen molar-refractivity contribution >= 4 is 0 Å². The van der Waals surface area contributed by atoms with Gasteiger partial charge in [-0.15, -0.1) is 6.42 Å². The molecule has 0 bridgehead atoms. The van der Waals surface area contributed by atoms with Crippen molar-refractivity contribution in [3.63, 3.8) is 0 Å². The van der Waals surface area contributed by atoms with Crippen molar-refractivity contribution in [1.82, 2.24) is 0 Å². The van der Waals surface area contributed by atoms with Crippen molar-refractivity contribution in [1.29, 1.82) is 0 Å². The first kappa shape index (κ1) is 10.4. The van der Waals surface area contributed by atoms with Crippen molar-refractivity contribution in [3.05, 3.63) is 42.5 Å². The van der Waals surface area contributed by atoms with Gasteiger partial charge in [-0.1, -0.05) is 30.7 Å². The van der Waals surface area contributed by atoms with Gasteiger partial charge in [-0.25, -0.2) is 0 Å². The molecule has 2 heteroatoms.